The molecule has 1 aromatic carbocycles. The number of likely N-dealkylation sites (tertiary alicyclic amines) is 1. The molecular weight excluding hydrogens is 412 g/mol. The molecule has 4 heterocycles. The van der Waals surface area contributed by atoms with Gasteiger partial charge in [0.2, 0.25) is 5.91 Å². The third-order valence-corrected chi connectivity index (χ3v) is 7.40. The predicted molar refractivity (Wildman–Crippen MR) is 119 cm³/mol. The van der Waals surface area contributed by atoms with Gasteiger partial charge in [-0.15, -0.1) is 21.5 Å². The Labute approximate surface area is 185 Å². The van der Waals surface area contributed by atoms with Crippen LogP contribution < -0.4 is 0 Å². The third-order valence-electron chi connectivity index (χ3n) is 6.30. The van der Waals surface area contributed by atoms with Crippen molar-refractivity contribution in [3.8, 4) is 0 Å². The van der Waals surface area contributed by atoms with Crippen LogP contribution >= 0.6 is 11.3 Å². The molecule has 0 radical (unpaired) electrons. The Hall–Kier alpha value is -2.36. The van der Waals surface area contributed by atoms with Crippen LogP contribution in [0.4, 0.5) is 0 Å². The van der Waals surface area contributed by atoms with E-state index in [2.05, 4.69) is 44.6 Å². The summed E-state index contributed by atoms with van der Waals surface area (Å²) in [5.41, 5.74) is 1.00. The Kier molecular flexibility index (Phi) is 5.49. The summed E-state index contributed by atoms with van der Waals surface area (Å²) in [4.78, 5) is 21.7. The quantitative estimate of drug-likeness (QED) is 0.656. The Morgan fingerprint density at radius 2 is 2.10 bits per heavy atom. The van der Waals surface area contributed by atoms with Crippen molar-refractivity contribution in [2.45, 2.75) is 64.4 Å². The van der Waals surface area contributed by atoms with Gasteiger partial charge in [-0.25, -0.2) is 4.98 Å². The summed E-state index contributed by atoms with van der Waals surface area (Å²) in [5, 5.41) is 20.1. The molecule has 2 atom stereocenters. The molecule has 2 aliphatic heterocycles. The average Bonchev–Trinajstić information content (AvgIpc) is 3.46. The van der Waals surface area contributed by atoms with Crippen molar-refractivity contribution < 1.29 is 9.90 Å². The zero-order chi connectivity index (χ0) is 21.5. The first-order valence-electron chi connectivity index (χ1n) is 11.0. The summed E-state index contributed by atoms with van der Waals surface area (Å²) in [7, 11) is 0. The van der Waals surface area contributed by atoms with Crippen LogP contribution in [0.25, 0.3) is 10.2 Å². The maximum atomic E-state index is 12.8. The van der Waals surface area contributed by atoms with Crippen LogP contribution in [0.3, 0.4) is 0 Å². The highest BCUT2D eigenvalue weighted by molar-refractivity contribution is 7.18. The van der Waals surface area contributed by atoms with E-state index in [1.807, 2.05) is 23.1 Å². The molecule has 0 spiro atoms. The first-order chi connectivity index (χ1) is 15.0. The fraction of sp³-hybridized carbons (Fsp3) is 0.545. The molecule has 1 amide bonds. The number of hydrogen-bond donors (Lipinski definition) is 1. The largest absolute Gasteiger partial charge is 0.392 e. The van der Waals surface area contributed by atoms with Gasteiger partial charge in [0.15, 0.2) is 11.6 Å². The van der Waals surface area contributed by atoms with Crippen LogP contribution in [0.1, 0.15) is 49.4 Å². The van der Waals surface area contributed by atoms with E-state index in [4.69, 9.17) is 0 Å². The molecule has 2 aliphatic rings. The maximum absolute atomic E-state index is 12.8. The molecule has 0 saturated carbocycles. The molecule has 0 unspecified atom stereocenters. The van der Waals surface area contributed by atoms with Crippen molar-refractivity contribution in [2.24, 2.45) is 0 Å². The lowest BCUT2D eigenvalue weighted by Crippen LogP contribution is -2.40. The van der Waals surface area contributed by atoms with Gasteiger partial charge in [0.05, 0.1) is 33.9 Å². The van der Waals surface area contributed by atoms with Crippen LogP contribution in [0, 0.1) is 0 Å². The van der Waals surface area contributed by atoms with Crippen LogP contribution in [-0.2, 0) is 24.3 Å². The Bertz CT molecular complexity index is 1060. The number of para-hydroxylation sites is 1. The van der Waals surface area contributed by atoms with E-state index in [0.29, 0.717) is 51.5 Å². The minimum atomic E-state index is -0.329. The van der Waals surface area contributed by atoms with Gasteiger partial charge in [0, 0.05) is 38.5 Å². The lowest BCUT2D eigenvalue weighted by Gasteiger charge is -2.31. The molecule has 164 valence electrons. The van der Waals surface area contributed by atoms with Gasteiger partial charge < -0.3 is 14.6 Å². The van der Waals surface area contributed by atoms with E-state index in [9.17, 15) is 9.90 Å². The number of aryl methyl sites for hydroxylation is 1. The number of benzene rings is 1. The van der Waals surface area contributed by atoms with Gasteiger partial charge in [-0.2, -0.15) is 0 Å². The van der Waals surface area contributed by atoms with Gasteiger partial charge in [0.1, 0.15) is 0 Å². The van der Waals surface area contributed by atoms with Crippen LogP contribution in [-0.4, -0.2) is 65.8 Å². The highest BCUT2D eigenvalue weighted by Gasteiger charge is 2.38. The van der Waals surface area contributed by atoms with E-state index in [-0.39, 0.29) is 18.1 Å². The second kappa shape index (κ2) is 8.29. The predicted octanol–water partition coefficient (Wildman–Crippen LogP) is 2.38. The molecule has 0 bridgehead atoms. The number of carbonyl (C=O) groups is 1. The molecule has 5 rings (SSSR count). The number of aromatic nitrogens is 4. The van der Waals surface area contributed by atoms with Gasteiger partial charge in [-0.1, -0.05) is 12.1 Å². The van der Waals surface area contributed by atoms with E-state index in [1.54, 1.807) is 11.3 Å². The maximum Gasteiger partial charge on any atom is 0.223 e. The molecule has 31 heavy (non-hydrogen) atoms. The molecule has 1 fully saturated rings. The number of aliphatic hydroxyl groups excluding tert-OH is 1. The second-order valence-electron chi connectivity index (χ2n) is 8.71. The fourth-order valence-electron chi connectivity index (χ4n) is 4.70. The minimum Gasteiger partial charge on any atom is -0.392 e. The summed E-state index contributed by atoms with van der Waals surface area (Å²) in [6.07, 6.45) is 1.47. The monoisotopic (exact) mass is 440 g/mol. The molecule has 8 nitrogen and oxygen atoms in total. The van der Waals surface area contributed by atoms with Crippen LogP contribution in [0.2, 0.25) is 0 Å². The lowest BCUT2D eigenvalue weighted by atomic mass is 10.1. The first kappa shape index (κ1) is 20.5. The lowest BCUT2D eigenvalue weighted by molar-refractivity contribution is -0.132. The number of fused-ring (bicyclic) bond motifs is 2. The second-order valence-corrected chi connectivity index (χ2v) is 9.83. The Morgan fingerprint density at radius 1 is 1.26 bits per heavy atom. The Balaban J connectivity index is 1.24. The molecule has 9 heteroatoms. The van der Waals surface area contributed by atoms with Gasteiger partial charge >= 0.3 is 0 Å². The van der Waals surface area contributed by atoms with E-state index in [1.165, 1.54) is 0 Å². The minimum absolute atomic E-state index is 0.0811. The smallest absolute Gasteiger partial charge is 0.223 e. The van der Waals surface area contributed by atoms with Crippen LogP contribution in [0.15, 0.2) is 24.3 Å². The number of thiazole rings is 1. The molecular formula is C22H28N6O2S. The van der Waals surface area contributed by atoms with Crippen molar-refractivity contribution >= 4 is 27.5 Å². The number of amides is 1. The van der Waals surface area contributed by atoms with Crippen LogP contribution in [0.5, 0.6) is 0 Å². The zero-order valence-electron chi connectivity index (χ0n) is 17.9. The number of hydrogen-bond acceptors (Lipinski definition) is 7. The average molecular weight is 441 g/mol. The summed E-state index contributed by atoms with van der Waals surface area (Å²) in [6, 6.07) is 8.49. The van der Waals surface area contributed by atoms with Crippen molar-refractivity contribution in [3.63, 3.8) is 0 Å². The SMILES string of the molecule is CC(C)N1C[C@@H](O)C[C@H]1c1nnc2n1CCN(C(=O)CCc1nc3ccccc3s1)C2. The summed E-state index contributed by atoms with van der Waals surface area (Å²) >= 11 is 1.66. The van der Waals surface area contributed by atoms with Crippen molar-refractivity contribution in [1.29, 1.82) is 0 Å². The molecule has 1 saturated heterocycles. The highest BCUT2D eigenvalue weighted by Crippen LogP contribution is 2.34. The number of nitrogens with zero attached hydrogens (tertiary/aromatic N) is 6. The van der Waals surface area contributed by atoms with E-state index in [0.717, 1.165) is 26.9 Å². The number of carbonyl (C=O) groups excluding carboxylic acids is 1. The molecule has 3 aromatic rings. The van der Waals surface area contributed by atoms with Crippen molar-refractivity contribution in [2.75, 3.05) is 13.1 Å². The van der Waals surface area contributed by atoms with Crippen molar-refractivity contribution in [3.05, 3.63) is 40.9 Å². The highest BCUT2D eigenvalue weighted by atomic mass is 32.1. The third kappa shape index (κ3) is 3.97. The molecule has 2 aromatic heterocycles. The fourth-order valence-corrected chi connectivity index (χ4v) is 5.67. The van der Waals surface area contributed by atoms with Gasteiger partial charge in [-0.05, 0) is 32.4 Å². The summed E-state index contributed by atoms with van der Waals surface area (Å²) in [6.45, 7) is 6.80. The molecule has 1 N–H and O–H groups in total. The zero-order valence-corrected chi connectivity index (χ0v) is 18.8. The summed E-state index contributed by atoms with van der Waals surface area (Å²) in [5.74, 6) is 1.89. The molecule has 0 aliphatic carbocycles. The first-order valence-corrected chi connectivity index (χ1v) is 11.8. The standard InChI is InChI=1S/C22H28N6O2S/c1-14(2)28-12-15(29)11-17(28)22-25-24-19-13-26(9-10-27(19)22)21(30)8-7-20-23-16-5-3-4-6-18(16)31-20/h3-6,14-15,17,29H,7-13H2,1-2H3/t15-,17-/m0/s1. The topological polar surface area (TPSA) is 87.4 Å². The van der Waals surface area contributed by atoms with Gasteiger partial charge in [-0.3, -0.25) is 9.69 Å². The van der Waals surface area contributed by atoms with Crippen molar-refractivity contribution in [1.82, 2.24) is 29.5 Å². The number of rotatable bonds is 5. The van der Waals surface area contributed by atoms with E-state index >= 15 is 0 Å². The normalized spacial score (nSPS) is 21.9. The Morgan fingerprint density at radius 3 is 2.90 bits per heavy atom. The number of aliphatic hydroxyl groups is 1. The van der Waals surface area contributed by atoms with Gasteiger partial charge in [0.25, 0.3) is 0 Å². The number of β-amino-alcohol motifs (C(OH)–C–C–N with tert-alkyl or cyclic N) is 1. The van der Waals surface area contributed by atoms with E-state index < -0.39 is 0 Å². The summed E-state index contributed by atoms with van der Waals surface area (Å²) < 4.78 is 3.31.